The van der Waals surface area contributed by atoms with Gasteiger partial charge in [0.05, 0.1) is 46.2 Å². The van der Waals surface area contributed by atoms with E-state index in [9.17, 15) is 10.4 Å². The average Bonchev–Trinajstić information content (AvgIpc) is 2.85. The molecule has 0 radical (unpaired) electrons. The number of hydrogen-bond donors (Lipinski definition) is 2. The number of hydrogen-bond acceptors (Lipinski definition) is 8. The van der Waals surface area contributed by atoms with Gasteiger partial charge in [-0.1, -0.05) is 23.2 Å². The topological polar surface area (TPSA) is 93.9 Å². The summed E-state index contributed by atoms with van der Waals surface area (Å²) in [6.07, 6.45) is 2.38. The van der Waals surface area contributed by atoms with E-state index in [2.05, 4.69) is 33.2 Å². The number of phenolic OH excluding ortho intramolecular Hbond substituents is 1. The molecule has 1 fully saturated rings. The molecule has 8 nitrogen and oxygen atoms in total. The molecular formula is C25H27Cl2N5O3. The summed E-state index contributed by atoms with van der Waals surface area (Å²) in [5, 5.41) is 23.9. The number of phenols is 1. The normalized spacial score (nSPS) is 14.6. The van der Waals surface area contributed by atoms with Crippen molar-refractivity contribution in [1.82, 2.24) is 14.8 Å². The molecule has 2 heterocycles. The van der Waals surface area contributed by atoms with E-state index in [1.54, 1.807) is 19.2 Å². The van der Waals surface area contributed by atoms with Crippen LogP contribution in [0.15, 0.2) is 30.5 Å². The second-order valence-electron chi connectivity index (χ2n) is 8.43. The van der Waals surface area contributed by atoms with Crippen LogP contribution in [0.4, 0.5) is 11.4 Å². The number of halogens is 2. The predicted octanol–water partition coefficient (Wildman–Crippen LogP) is 4.89. The van der Waals surface area contributed by atoms with Crippen molar-refractivity contribution < 1.29 is 14.6 Å². The molecule has 0 aliphatic carbocycles. The molecule has 1 aliphatic heterocycles. The molecule has 0 atom stereocenters. The molecule has 2 aromatic carbocycles. The van der Waals surface area contributed by atoms with Crippen LogP contribution in [0.1, 0.15) is 12.0 Å². The number of rotatable bonds is 8. The number of nitrogens with one attached hydrogen (secondary N) is 1. The molecule has 0 unspecified atom stereocenters. The zero-order chi connectivity index (χ0) is 24.9. The van der Waals surface area contributed by atoms with Crippen LogP contribution in [0.3, 0.4) is 0 Å². The van der Waals surface area contributed by atoms with Gasteiger partial charge in [0, 0.05) is 56.4 Å². The molecule has 3 aromatic rings. The molecule has 1 saturated heterocycles. The van der Waals surface area contributed by atoms with Crippen LogP contribution in [0, 0.1) is 11.3 Å². The lowest BCUT2D eigenvalue weighted by Gasteiger charge is -2.32. The minimum absolute atomic E-state index is 0.125. The Hall–Kier alpha value is -2.96. The highest BCUT2D eigenvalue weighted by molar-refractivity contribution is 6.37. The highest BCUT2D eigenvalue weighted by atomic mass is 35.5. The van der Waals surface area contributed by atoms with Crippen LogP contribution in [0.25, 0.3) is 10.9 Å². The number of likely N-dealkylation sites (N-methyl/N-ethyl adjacent to an activating group) is 1. The van der Waals surface area contributed by atoms with Crippen molar-refractivity contribution in [3.63, 3.8) is 0 Å². The summed E-state index contributed by atoms with van der Waals surface area (Å²) in [6.45, 7) is 5.86. The van der Waals surface area contributed by atoms with Crippen molar-refractivity contribution in [1.29, 1.82) is 5.26 Å². The summed E-state index contributed by atoms with van der Waals surface area (Å²) in [5.41, 5.74) is 1.82. The van der Waals surface area contributed by atoms with Gasteiger partial charge in [0.25, 0.3) is 0 Å². The van der Waals surface area contributed by atoms with Gasteiger partial charge >= 0.3 is 0 Å². The predicted molar refractivity (Wildman–Crippen MR) is 138 cm³/mol. The number of nitriles is 1. The number of aromatic hydroxyl groups is 1. The van der Waals surface area contributed by atoms with E-state index in [1.165, 1.54) is 18.3 Å². The van der Waals surface area contributed by atoms with Gasteiger partial charge in [0.2, 0.25) is 0 Å². The lowest BCUT2D eigenvalue weighted by atomic mass is 10.1. The van der Waals surface area contributed by atoms with Gasteiger partial charge in [-0.25, -0.2) is 0 Å². The molecule has 1 aliphatic rings. The average molecular weight is 516 g/mol. The SMILES string of the molecule is COc1cc2c(Nc3cc(O)c(Cl)cc3Cl)c(C#N)cnc2cc1OCCCN1CCN(C)CC1. The molecule has 4 rings (SSSR count). The summed E-state index contributed by atoms with van der Waals surface area (Å²) in [5.74, 6) is 0.992. The van der Waals surface area contributed by atoms with E-state index in [0.717, 1.165) is 39.1 Å². The number of anilines is 2. The Morgan fingerprint density at radius 2 is 1.89 bits per heavy atom. The van der Waals surface area contributed by atoms with E-state index < -0.39 is 0 Å². The molecule has 2 N–H and O–H groups in total. The highest BCUT2D eigenvalue weighted by Gasteiger charge is 2.17. The Morgan fingerprint density at radius 1 is 1.11 bits per heavy atom. The van der Waals surface area contributed by atoms with Gasteiger partial charge in [0.1, 0.15) is 11.8 Å². The quantitative estimate of drug-likeness (QED) is 0.409. The van der Waals surface area contributed by atoms with Crippen molar-refractivity contribution in [2.75, 3.05) is 58.8 Å². The fourth-order valence-corrected chi connectivity index (χ4v) is 4.43. The van der Waals surface area contributed by atoms with Crippen LogP contribution in [0.5, 0.6) is 17.2 Å². The fourth-order valence-electron chi connectivity index (χ4n) is 4.00. The smallest absolute Gasteiger partial charge is 0.163 e. The van der Waals surface area contributed by atoms with Crippen molar-refractivity contribution in [3.05, 3.63) is 46.1 Å². The van der Waals surface area contributed by atoms with Crippen LogP contribution in [0.2, 0.25) is 10.0 Å². The minimum Gasteiger partial charge on any atom is -0.506 e. The monoisotopic (exact) mass is 515 g/mol. The van der Waals surface area contributed by atoms with Gasteiger partial charge in [-0.05, 0) is 25.6 Å². The van der Waals surface area contributed by atoms with Gasteiger partial charge in [-0.15, -0.1) is 0 Å². The van der Waals surface area contributed by atoms with Crippen molar-refractivity contribution in [3.8, 4) is 23.3 Å². The van der Waals surface area contributed by atoms with E-state index in [4.69, 9.17) is 32.7 Å². The molecule has 1 aromatic heterocycles. The summed E-state index contributed by atoms with van der Waals surface area (Å²) >= 11 is 12.3. The zero-order valence-corrected chi connectivity index (χ0v) is 21.2. The molecule has 0 bridgehead atoms. The van der Waals surface area contributed by atoms with Gasteiger partial charge in [0.15, 0.2) is 11.5 Å². The summed E-state index contributed by atoms with van der Waals surface area (Å²) in [6, 6.07) is 8.58. The molecule has 35 heavy (non-hydrogen) atoms. The standard InChI is InChI=1S/C25H27Cl2N5O3/c1-31-5-7-32(8-6-31)4-3-9-35-24-13-20-17(10-23(24)34-2)25(16(14-28)15-29-20)30-21-12-22(33)19(27)11-18(21)26/h10-13,15,33H,3-9H2,1-2H3,(H,29,30). The maximum atomic E-state index is 10.0. The fraction of sp³-hybridized carbons (Fsp3) is 0.360. The summed E-state index contributed by atoms with van der Waals surface area (Å²) in [4.78, 5) is 9.22. The Kier molecular flexibility index (Phi) is 8.04. The van der Waals surface area contributed by atoms with E-state index in [0.29, 0.717) is 51.0 Å². The summed E-state index contributed by atoms with van der Waals surface area (Å²) < 4.78 is 11.6. The number of piperazine rings is 1. The maximum Gasteiger partial charge on any atom is 0.163 e. The van der Waals surface area contributed by atoms with Gasteiger partial charge < -0.3 is 29.7 Å². The Morgan fingerprint density at radius 3 is 2.60 bits per heavy atom. The third kappa shape index (κ3) is 5.82. The lowest BCUT2D eigenvalue weighted by molar-refractivity contribution is 0.145. The van der Waals surface area contributed by atoms with Crippen LogP contribution >= 0.6 is 23.2 Å². The number of ether oxygens (including phenoxy) is 2. The number of benzene rings is 2. The van der Waals surface area contributed by atoms with Crippen molar-refractivity contribution >= 4 is 45.5 Å². The Bertz CT molecular complexity index is 1260. The van der Waals surface area contributed by atoms with Crippen LogP contribution < -0.4 is 14.8 Å². The molecular weight excluding hydrogens is 489 g/mol. The number of pyridine rings is 1. The maximum absolute atomic E-state index is 10.0. The number of fused-ring (bicyclic) bond motifs is 1. The van der Waals surface area contributed by atoms with Crippen LogP contribution in [-0.4, -0.2) is 73.4 Å². The first-order chi connectivity index (χ1) is 16.9. The van der Waals surface area contributed by atoms with Gasteiger partial charge in [-0.2, -0.15) is 5.26 Å². The summed E-state index contributed by atoms with van der Waals surface area (Å²) in [7, 11) is 3.72. The molecule has 10 heteroatoms. The van der Waals surface area contributed by atoms with E-state index in [-0.39, 0.29) is 10.8 Å². The lowest BCUT2D eigenvalue weighted by Crippen LogP contribution is -2.44. The van der Waals surface area contributed by atoms with E-state index >= 15 is 0 Å². The zero-order valence-electron chi connectivity index (χ0n) is 19.6. The largest absolute Gasteiger partial charge is 0.506 e. The number of aromatic nitrogens is 1. The second-order valence-corrected chi connectivity index (χ2v) is 9.25. The first-order valence-corrected chi connectivity index (χ1v) is 12.0. The first kappa shape index (κ1) is 25.1. The molecule has 0 spiro atoms. The van der Waals surface area contributed by atoms with Crippen LogP contribution in [-0.2, 0) is 0 Å². The first-order valence-electron chi connectivity index (χ1n) is 11.3. The minimum atomic E-state index is -0.125. The molecule has 184 valence electrons. The Labute approximate surface area is 214 Å². The Balaban J connectivity index is 1.56. The molecule has 0 saturated carbocycles. The third-order valence-corrected chi connectivity index (χ3v) is 6.66. The van der Waals surface area contributed by atoms with Crippen molar-refractivity contribution in [2.24, 2.45) is 0 Å². The highest BCUT2D eigenvalue weighted by Crippen LogP contribution is 2.40. The van der Waals surface area contributed by atoms with Crippen molar-refractivity contribution in [2.45, 2.75) is 6.42 Å². The van der Waals surface area contributed by atoms with Gasteiger partial charge in [-0.3, -0.25) is 4.98 Å². The number of nitrogens with zero attached hydrogens (tertiary/aromatic N) is 4. The third-order valence-electron chi connectivity index (χ3n) is 6.04. The number of methoxy groups -OCH3 is 1. The second kappa shape index (κ2) is 11.2. The molecule has 0 amide bonds. The van der Waals surface area contributed by atoms with E-state index in [1.807, 2.05) is 0 Å².